The van der Waals surface area contributed by atoms with E-state index in [4.69, 9.17) is 9.97 Å². The van der Waals surface area contributed by atoms with Crippen LogP contribution in [0.1, 0.15) is 84.3 Å². The average molecular weight is 545 g/mol. The molecule has 0 aliphatic carbocycles. The normalized spacial score (nSPS) is 13.4. The van der Waals surface area contributed by atoms with Crippen LogP contribution in [0.4, 0.5) is 0 Å². The summed E-state index contributed by atoms with van der Waals surface area (Å²) >= 11 is 0. The van der Waals surface area contributed by atoms with Crippen LogP contribution in [0, 0.1) is 11.8 Å². The zero-order valence-corrected chi connectivity index (χ0v) is 24.8. The minimum absolute atomic E-state index is 0.175. The number of hydrogen-bond donors (Lipinski definition) is 0. The molecule has 7 nitrogen and oxygen atoms in total. The van der Waals surface area contributed by atoms with E-state index in [0.29, 0.717) is 24.9 Å². The number of imidazole rings is 2. The van der Waals surface area contributed by atoms with Gasteiger partial charge in [-0.2, -0.15) is 0 Å². The molecule has 0 N–H and O–H groups in total. The summed E-state index contributed by atoms with van der Waals surface area (Å²) in [5.41, 5.74) is 4.12. The number of aromatic nitrogens is 4. The van der Waals surface area contributed by atoms with Crippen molar-refractivity contribution in [1.82, 2.24) is 24.0 Å². The van der Waals surface area contributed by atoms with Crippen molar-refractivity contribution in [3.8, 4) is 0 Å². The Hall–Kier alpha value is -3.19. The standard InChI is InChI=1S/C33H47N5O2/c1-5-9-15-26(8-4)21-38-30-19-13-11-17-28(30)35-32(38)23-36(24-33(39)40)22-31-34-27-16-10-12-18-29(27)37(31)20-25(7-3)14-6-2/h10-13,16-19,25-26H,5-9,14-15,20-24H2,1-4H3,(H,39,40)/p-1. The number of carbonyl (C=O) groups excluding carboxylic acids is 1. The SMILES string of the molecule is CCCCC(CC)Cn1c(CN(CC(=O)[O-])Cc2nc3ccccc3n2CC(CC)CCC)nc2ccccc21. The summed E-state index contributed by atoms with van der Waals surface area (Å²) in [5.74, 6) is 1.82. The number of carboxylic acids is 1. The number of benzene rings is 2. The van der Waals surface area contributed by atoms with Crippen molar-refractivity contribution >= 4 is 28.0 Å². The topological polar surface area (TPSA) is 79.0 Å². The molecular weight excluding hydrogens is 498 g/mol. The second-order valence-electron chi connectivity index (χ2n) is 11.3. The molecule has 2 heterocycles. The van der Waals surface area contributed by atoms with Crippen LogP contribution in [-0.2, 0) is 31.0 Å². The maximum Gasteiger partial charge on any atom is 0.124 e. The first-order valence-corrected chi connectivity index (χ1v) is 15.3. The third-order valence-electron chi connectivity index (χ3n) is 8.25. The number of aliphatic carboxylic acids is 1. The van der Waals surface area contributed by atoms with Gasteiger partial charge in [-0.3, -0.25) is 4.90 Å². The molecule has 40 heavy (non-hydrogen) atoms. The fourth-order valence-corrected chi connectivity index (χ4v) is 5.92. The first-order chi connectivity index (χ1) is 19.5. The van der Waals surface area contributed by atoms with E-state index in [9.17, 15) is 9.90 Å². The van der Waals surface area contributed by atoms with Crippen molar-refractivity contribution in [2.75, 3.05) is 6.54 Å². The van der Waals surface area contributed by atoms with Gasteiger partial charge in [0.25, 0.3) is 0 Å². The van der Waals surface area contributed by atoms with Crippen LogP contribution in [0.3, 0.4) is 0 Å². The Kier molecular flexibility index (Phi) is 10.8. The van der Waals surface area contributed by atoms with E-state index in [1.807, 2.05) is 29.2 Å². The van der Waals surface area contributed by atoms with E-state index in [1.54, 1.807) is 0 Å². The summed E-state index contributed by atoms with van der Waals surface area (Å²) in [5, 5.41) is 11.9. The molecule has 0 amide bonds. The predicted molar refractivity (Wildman–Crippen MR) is 161 cm³/mol. The summed E-state index contributed by atoms with van der Waals surface area (Å²) in [4.78, 5) is 23.9. The van der Waals surface area contributed by atoms with Gasteiger partial charge in [0, 0.05) is 19.6 Å². The minimum atomic E-state index is -1.09. The number of carbonyl (C=O) groups is 1. The predicted octanol–water partition coefficient (Wildman–Crippen LogP) is 6.18. The highest BCUT2D eigenvalue weighted by Crippen LogP contribution is 2.25. The van der Waals surface area contributed by atoms with Crippen molar-refractivity contribution in [3.05, 3.63) is 60.2 Å². The molecule has 7 heteroatoms. The zero-order valence-electron chi connectivity index (χ0n) is 24.8. The van der Waals surface area contributed by atoms with E-state index >= 15 is 0 Å². The molecule has 2 atom stereocenters. The number of carboxylic acid groups (broad SMARTS) is 1. The molecule has 0 saturated heterocycles. The van der Waals surface area contributed by atoms with Gasteiger partial charge < -0.3 is 19.0 Å². The molecule has 2 unspecified atom stereocenters. The average Bonchev–Trinajstić information content (AvgIpc) is 3.47. The number of rotatable bonds is 17. The first kappa shape index (κ1) is 29.8. The van der Waals surface area contributed by atoms with E-state index in [2.05, 4.69) is 61.1 Å². The smallest absolute Gasteiger partial charge is 0.124 e. The molecule has 0 bridgehead atoms. The lowest BCUT2D eigenvalue weighted by atomic mass is 9.99. The fraction of sp³-hybridized carbons (Fsp3) is 0.545. The molecule has 4 aromatic rings. The largest absolute Gasteiger partial charge is 0.549 e. The van der Waals surface area contributed by atoms with Gasteiger partial charge in [-0.25, -0.2) is 9.97 Å². The zero-order chi connectivity index (χ0) is 28.5. The van der Waals surface area contributed by atoms with Crippen LogP contribution in [0.5, 0.6) is 0 Å². The van der Waals surface area contributed by atoms with E-state index < -0.39 is 5.97 Å². The summed E-state index contributed by atoms with van der Waals surface area (Å²) in [6.45, 7) is 11.4. The van der Waals surface area contributed by atoms with Gasteiger partial charge >= 0.3 is 0 Å². The van der Waals surface area contributed by atoms with E-state index in [-0.39, 0.29) is 6.54 Å². The second-order valence-corrected chi connectivity index (χ2v) is 11.3. The molecular formula is C33H46N5O2-. The molecule has 0 spiro atoms. The van der Waals surface area contributed by atoms with Crippen LogP contribution < -0.4 is 5.11 Å². The van der Waals surface area contributed by atoms with Crippen molar-refractivity contribution in [2.45, 2.75) is 98.8 Å². The van der Waals surface area contributed by atoms with Crippen LogP contribution in [0.15, 0.2) is 48.5 Å². The lowest BCUT2D eigenvalue weighted by molar-refractivity contribution is -0.306. The van der Waals surface area contributed by atoms with Gasteiger partial charge in [-0.05, 0) is 48.9 Å². The number of fused-ring (bicyclic) bond motifs is 2. The molecule has 2 aromatic carbocycles. The summed E-state index contributed by atoms with van der Waals surface area (Å²) in [6, 6.07) is 16.5. The Morgan fingerprint density at radius 2 is 1.27 bits per heavy atom. The summed E-state index contributed by atoms with van der Waals surface area (Å²) in [7, 11) is 0. The quantitative estimate of drug-likeness (QED) is 0.159. The van der Waals surface area contributed by atoms with E-state index in [1.165, 1.54) is 19.3 Å². The van der Waals surface area contributed by atoms with Crippen molar-refractivity contribution in [1.29, 1.82) is 0 Å². The van der Waals surface area contributed by atoms with Gasteiger partial charge in [0.05, 0.1) is 41.1 Å². The molecule has 0 aliphatic rings. The molecule has 0 aliphatic heterocycles. The van der Waals surface area contributed by atoms with E-state index in [0.717, 1.165) is 72.5 Å². The van der Waals surface area contributed by atoms with Crippen LogP contribution in [0.2, 0.25) is 0 Å². The maximum absolute atomic E-state index is 11.9. The van der Waals surface area contributed by atoms with Crippen molar-refractivity contribution in [2.24, 2.45) is 11.8 Å². The van der Waals surface area contributed by atoms with Crippen LogP contribution in [-0.4, -0.2) is 36.5 Å². The van der Waals surface area contributed by atoms with Gasteiger partial charge in [-0.1, -0.05) is 84.1 Å². The summed E-state index contributed by atoms with van der Waals surface area (Å²) < 4.78 is 4.63. The van der Waals surface area contributed by atoms with Gasteiger partial charge in [-0.15, -0.1) is 0 Å². The first-order valence-electron chi connectivity index (χ1n) is 15.3. The van der Waals surface area contributed by atoms with Gasteiger partial charge in [0.2, 0.25) is 0 Å². The number of para-hydroxylation sites is 4. The molecule has 4 rings (SSSR count). The number of unbranched alkanes of at least 4 members (excludes halogenated alkanes) is 1. The molecule has 0 radical (unpaired) electrons. The Labute approximate surface area is 239 Å². The van der Waals surface area contributed by atoms with Crippen molar-refractivity contribution < 1.29 is 9.90 Å². The Balaban J connectivity index is 1.68. The second kappa shape index (κ2) is 14.4. The highest BCUT2D eigenvalue weighted by atomic mass is 16.4. The molecule has 0 saturated carbocycles. The maximum atomic E-state index is 11.9. The highest BCUT2D eigenvalue weighted by Gasteiger charge is 2.21. The molecule has 0 fully saturated rings. The number of hydrogen-bond acceptors (Lipinski definition) is 5. The van der Waals surface area contributed by atoms with Gasteiger partial charge in [0.15, 0.2) is 0 Å². The monoisotopic (exact) mass is 544 g/mol. The molecule has 216 valence electrons. The molecule has 2 aromatic heterocycles. The van der Waals surface area contributed by atoms with Crippen molar-refractivity contribution in [3.63, 3.8) is 0 Å². The Morgan fingerprint density at radius 1 is 0.775 bits per heavy atom. The highest BCUT2D eigenvalue weighted by molar-refractivity contribution is 5.76. The van der Waals surface area contributed by atoms with Gasteiger partial charge in [0.1, 0.15) is 11.6 Å². The minimum Gasteiger partial charge on any atom is -0.549 e. The lowest BCUT2D eigenvalue weighted by Crippen LogP contribution is -2.38. The fourth-order valence-electron chi connectivity index (χ4n) is 5.92. The third kappa shape index (κ3) is 7.30. The Morgan fingerprint density at radius 3 is 1.73 bits per heavy atom. The lowest BCUT2D eigenvalue weighted by Gasteiger charge is -2.25. The third-order valence-corrected chi connectivity index (χ3v) is 8.25. The summed E-state index contributed by atoms with van der Waals surface area (Å²) in [6.07, 6.45) is 8.09. The Bertz CT molecular complexity index is 1370. The van der Waals surface area contributed by atoms with Crippen LogP contribution in [0.25, 0.3) is 22.1 Å². The van der Waals surface area contributed by atoms with Crippen LogP contribution >= 0.6 is 0 Å². The number of nitrogens with zero attached hydrogens (tertiary/aromatic N) is 5.